The number of hydrogen-bond acceptors (Lipinski definition) is 4. The highest BCUT2D eigenvalue weighted by atomic mass is 16.5. The van der Waals surface area contributed by atoms with Crippen molar-refractivity contribution in [2.45, 2.75) is 26.3 Å². The van der Waals surface area contributed by atoms with E-state index in [2.05, 4.69) is 5.32 Å². The normalized spacial score (nSPS) is 13.8. The number of carbonyl (C=O) groups is 3. The zero-order valence-corrected chi connectivity index (χ0v) is 14.5. The topological polar surface area (TPSA) is 75.7 Å². The van der Waals surface area contributed by atoms with Crippen LogP contribution in [0.5, 0.6) is 5.75 Å². The van der Waals surface area contributed by atoms with Gasteiger partial charge in [-0.25, -0.2) is 0 Å². The van der Waals surface area contributed by atoms with Crippen molar-refractivity contribution in [1.29, 1.82) is 0 Å². The number of carbonyl (C=O) groups excluding carboxylic acids is 3. The van der Waals surface area contributed by atoms with E-state index in [-0.39, 0.29) is 43.7 Å². The number of imide groups is 1. The van der Waals surface area contributed by atoms with Crippen LogP contribution >= 0.6 is 0 Å². The molecule has 1 N–H and O–H groups in total. The van der Waals surface area contributed by atoms with Crippen molar-refractivity contribution in [2.24, 2.45) is 0 Å². The molecule has 0 atom stereocenters. The Kier molecular flexibility index (Phi) is 5.31. The van der Waals surface area contributed by atoms with Gasteiger partial charge in [-0.3, -0.25) is 19.3 Å². The number of nitrogens with one attached hydrogen (secondary N) is 1. The van der Waals surface area contributed by atoms with Crippen LogP contribution in [-0.4, -0.2) is 29.2 Å². The van der Waals surface area contributed by atoms with E-state index in [4.69, 9.17) is 4.74 Å². The van der Waals surface area contributed by atoms with Crippen LogP contribution in [0.15, 0.2) is 48.5 Å². The van der Waals surface area contributed by atoms with Gasteiger partial charge >= 0.3 is 0 Å². The van der Waals surface area contributed by atoms with Crippen molar-refractivity contribution in [3.05, 3.63) is 59.7 Å². The zero-order chi connectivity index (χ0) is 18.5. The highest BCUT2D eigenvalue weighted by Gasteiger charge is 2.28. The van der Waals surface area contributed by atoms with Crippen molar-refractivity contribution in [3.63, 3.8) is 0 Å². The molecule has 3 amide bonds. The lowest BCUT2D eigenvalue weighted by molar-refractivity contribution is -0.139. The van der Waals surface area contributed by atoms with Crippen molar-refractivity contribution < 1.29 is 19.1 Å². The first kappa shape index (κ1) is 17.7. The number of rotatable bonds is 6. The van der Waals surface area contributed by atoms with E-state index in [9.17, 15) is 14.4 Å². The Balaban J connectivity index is 1.52. The second-order valence-corrected chi connectivity index (χ2v) is 6.17. The van der Waals surface area contributed by atoms with Crippen molar-refractivity contribution in [1.82, 2.24) is 4.90 Å². The predicted molar refractivity (Wildman–Crippen MR) is 96.5 cm³/mol. The summed E-state index contributed by atoms with van der Waals surface area (Å²) in [5.74, 6) is 0.144. The fraction of sp³-hybridized carbons (Fsp3) is 0.250. The largest absolute Gasteiger partial charge is 0.483 e. The Bertz CT molecular complexity index is 814. The SMILES string of the molecule is Cc1ccccc1OCC(=O)Nc1ccc(CN2C(=O)CCC2=O)cc1. The molecule has 0 aliphatic carbocycles. The molecule has 0 aromatic heterocycles. The Labute approximate surface area is 151 Å². The predicted octanol–water partition coefficient (Wildman–Crippen LogP) is 2.66. The standard InChI is InChI=1S/C20H20N2O4/c1-14-4-2-3-5-17(14)26-13-18(23)21-16-8-6-15(7-9-16)12-22-19(24)10-11-20(22)25/h2-9H,10-13H2,1H3,(H,21,23). The molecule has 26 heavy (non-hydrogen) atoms. The molecule has 6 nitrogen and oxygen atoms in total. The van der Waals surface area contributed by atoms with Crippen LogP contribution in [0.3, 0.4) is 0 Å². The summed E-state index contributed by atoms with van der Waals surface area (Å²) in [5, 5.41) is 2.76. The highest BCUT2D eigenvalue weighted by Crippen LogP contribution is 2.18. The zero-order valence-electron chi connectivity index (χ0n) is 14.5. The number of nitrogens with zero attached hydrogens (tertiary/aromatic N) is 1. The molecule has 0 spiro atoms. The lowest BCUT2D eigenvalue weighted by Crippen LogP contribution is -2.28. The monoisotopic (exact) mass is 352 g/mol. The lowest BCUT2D eigenvalue weighted by atomic mass is 10.2. The van der Waals surface area contributed by atoms with Gasteiger partial charge in [0.25, 0.3) is 5.91 Å². The molecule has 1 fully saturated rings. The summed E-state index contributed by atoms with van der Waals surface area (Å²) in [6.45, 7) is 2.10. The van der Waals surface area contributed by atoms with Crippen LogP contribution in [0.25, 0.3) is 0 Å². The van der Waals surface area contributed by atoms with Gasteiger partial charge in [-0.2, -0.15) is 0 Å². The summed E-state index contributed by atoms with van der Waals surface area (Å²) in [7, 11) is 0. The Hall–Kier alpha value is -3.15. The highest BCUT2D eigenvalue weighted by molar-refractivity contribution is 6.01. The summed E-state index contributed by atoms with van der Waals surface area (Å²) < 4.78 is 5.51. The first-order valence-electron chi connectivity index (χ1n) is 8.43. The molecule has 0 unspecified atom stereocenters. The Morgan fingerprint density at radius 1 is 1.04 bits per heavy atom. The Morgan fingerprint density at radius 2 is 1.69 bits per heavy atom. The number of benzene rings is 2. The maximum atomic E-state index is 12.0. The Morgan fingerprint density at radius 3 is 2.35 bits per heavy atom. The van der Waals surface area contributed by atoms with E-state index in [1.54, 1.807) is 24.3 Å². The van der Waals surface area contributed by atoms with Gasteiger partial charge in [0, 0.05) is 18.5 Å². The number of amides is 3. The van der Waals surface area contributed by atoms with Crippen LogP contribution in [-0.2, 0) is 20.9 Å². The average molecular weight is 352 g/mol. The second kappa shape index (κ2) is 7.82. The van der Waals surface area contributed by atoms with Crippen molar-refractivity contribution in [2.75, 3.05) is 11.9 Å². The van der Waals surface area contributed by atoms with E-state index < -0.39 is 0 Å². The molecule has 1 saturated heterocycles. The minimum Gasteiger partial charge on any atom is -0.483 e. The first-order chi connectivity index (χ1) is 12.5. The number of para-hydroxylation sites is 1. The molecule has 1 heterocycles. The third-order valence-electron chi connectivity index (χ3n) is 4.19. The molecule has 3 rings (SSSR count). The quantitative estimate of drug-likeness (QED) is 0.811. The molecule has 0 bridgehead atoms. The van der Waals surface area contributed by atoms with Crippen LogP contribution in [0, 0.1) is 6.92 Å². The lowest BCUT2D eigenvalue weighted by Gasteiger charge is -2.14. The van der Waals surface area contributed by atoms with Gasteiger partial charge in [0.05, 0.1) is 6.54 Å². The summed E-state index contributed by atoms with van der Waals surface area (Å²) in [6.07, 6.45) is 0.571. The fourth-order valence-corrected chi connectivity index (χ4v) is 2.73. The van der Waals surface area contributed by atoms with Gasteiger partial charge in [-0.05, 0) is 36.2 Å². The van der Waals surface area contributed by atoms with Gasteiger partial charge in [-0.15, -0.1) is 0 Å². The van der Waals surface area contributed by atoms with Crippen LogP contribution < -0.4 is 10.1 Å². The average Bonchev–Trinajstić information content (AvgIpc) is 2.94. The van der Waals surface area contributed by atoms with E-state index >= 15 is 0 Å². The summed E-state index contributed by atoms with van der Waals surface area (Å²) in [4.78, 5) is 36.6. The number of anilines is 1. The molecule has 134 valence electrons. The molecule has 1 aliphatic rings. The summed E-state index contributed by atoms with van der Waals surface area (Å²) in [6, 6.07) is 14.6. The van der Waals surface area contributed by atoms with Crippen LogP contribution in [0.4, 0.5) is 5.69 Å². The molecule has 1 aliphatic heterocycles. The number of aryl methyl sites for hydroxylation is 1. The molecular weight excluding hydrogens is 332 g/mol. The summed E-state index contributed by atoms with van der Waals surface area (Å²) in [5.41, 5.74) is 2.43. The van der Waals surface area contributed by atoms with Crippen LogP contribution in [0.1, 0.15) is 24.0 Å². The smallest absolute Gasteiger partial charge is 0.262 e. The maximum Gasteiger partial charge on any atom is 0.262 e. The molecular formula is C20H20N2O4. The maximum absolute atomic E-state index is 12.0. The van der Waals surface area contributed by atoms with Gasteiger partial charge in [0.15, 0.2) is 6.61 Å². The van der Waals surface area contributed by atoms with Gasteiger partial charge in [-0.1, -0.05) is 30.3 Å². The number of likely N-dealkylation sites (tertiary alicyclic amines) is 1. The second-order valence-electron chi connectivity index (χ2n) is 6.17. The number of hydrogen-bond donors (Lipinski definition) is 1. The molecule has 2 aromatic rings. The molecule has 2 aromatic carbocycles. The van der Waals surface area contributed by atoms with Gasteiger partial charge in [0.1, 0.15) is 5.75 Å². The molecule has 0 radical (unpaired) electrons. The van der Waals surface area contributed by atoms with E-state index in [1.165, 1.54) is 4.90 Å². The van der Waals surface area contributed by atoms with Crippen molar-refractivity contribution >= 4 is 23.4 Å². The minimum atomic E-state index is -0.258. The fourth-order valence-electron chi connectivity index (χ4n) is 2.73. The number of ether oxygens (including phenoxy) is 1. The van der Waals surface area contributed by atoms with Crippen molar-refractivity contribution in [3.8, 4) is 5.75 Å². The third kappa shape index (κ3) is 4.27. The van der Waals surface area contributed by atoms with Gasteiger partial charge < -0.3 is 10.1 Å². The summed E-state index contributed by atoms with van der Waals surface area (Å²) >= 11 is 0. The van der Waals surface area contributed by atoms with Crippen LogP contribution in [0.2, 0.25) is 0 Å². The first-order valence-corrected chi connectivity index (χ1v) is 8.43. The molecule has 6 heteroatoms. The van der Waals surface area contributed by atoms with Gasteiger partial charge in [0.2, 0.25) is 11.8 Å². The van der Waals surface area contributed by atoms with E-state index in [0.717, 1.165) is 11.1 Å². The molecule has 0 saturated carbocycles. The van der Waals surface area contributed by atoms with E-state index in [0.29, 0.717) is 11.4 Å². The van der Waals surface area contributed by atoms with E-state index in [1.807, 2.05) is 31.2 Å². The minimum absolute atomic E-state index is 0.0800. The third-order valence-corrected chi connectivity index (χ3v) is 4.19.